The maximum Gasteiger partial charge on any atom is 0.120 e. The minimum Gasteiger partial charge on any atom is -0.508 e. The molecular formula is C14H21NO. The van der Waals surface area contributed by atoms with Crippen molar-refractivity contribution < 1.29 is 5.11 Å². The van der Waals surface area contributed by atoms with Crippen molar-refractivity contribution >= 4 is 0 Å². The van der Waals surface area contributed by atoms with Crippen molar-refractivity contribution in [1.29, 1.82) is 0 Å². The molecule has 2 rings (SSSR count). The lowest BCUT2D eigenvalue weighted by molar-refractivity contribution is 0.292. The summed E-state index contributed by atoms with van der Waals surface area (Å²) in [5.74, 6) is 0.368. The molecule has 0 radical (unpaired) electrons. The van der Waals surface area contributed by atoms with Gasteiger partial charge < -0.3 is 10.8 Å². The first-order valence-corrected chi connectivity index (χ1v) is 6.12. The second-order valence-electron chi connectivity index (χ2n) is 5.17. The number of phenolic OH excluding ortho intramolecular Hbond substituents is 1. The molecule has 1 aromatic rings. The normalized spacial score (nSPS) is 19.7. The van der Waals surface area contributed by atoms with E-state index >= 15 is 0 Å². The fourth-order valence-corrected chi connectivity index (χ4v) is 2.65. The highest BCUT2D eigenvalue weighted by atomic mass is 16.3. The number of nitrogens with two attached hydrogens (primary N) is 1. The highest BCUT2D eigenvalue weighted by Crippen LogP contribution is 2.39. The maximum absolute atomic E-state index is 10.1. The number of rotatable bonds is 1. The summed E-state index contributed by atoms with van der Waals surface area (Å²) in [6.45, 7) is 4.09. The van der Waals surface area contributed by atoms with E-state index in [1.165, 1.54) is 24.8 Å². The van der Waals surface area contributed by atoms with Gasteiger partial charge in [0.1, 0.15) is 5.75 Å². The van der Waals surface area contributed by atoms with Gasteiger partial charge in [-0.2, -0.15) is 0 Å². The van der Waals surface area contributed by atoms with E-state index in [0.29, 0.717) is 5.75 Å². The molecule has 0 aromatic heterocycles. The summed E-state index contributed by atoms with van der Waals surface area (Å²) in [5.41, 5.74) is 9.41. The quantitative estimate of drug-likeness (QED) is 0.762. The van der Waals surface area contributed by atoms with E-state index in [1.807, 2.05) is 13.0 Å². The molecule has 1 aromatic carbocycles. The molecule has 0 bridgehead atoms. The number of aromatic hydroxyl groups is 1. The Morgan fingerprint density at radius 1 is 1.06 bits per heavy atom. The lowest BCUT2D eigenvalue weighted by Crippen LogP contribution is -2.38. The van der Waals surface area contributed by atoms with Crippen LogP contribution in [0.25, 0.3) is 0 Å². The van der Waals surface area contributed by atoms with Crippen LogP contribution in [0.4, 0.5) is 0 Å². The van der Waals surface area contributed by atoms with E-state index < -0.39 is 0 Å². The topological polar surface area (TPSA) is 46.2 Å². The van der Waals surface area contributed by atoms with Gasteiger partial charge in [-0.15, -0.1) is 0 Å². The van der Waals surface area contributed by atoms with E-state index in [0.717, 1.165) is 24.0 Å². The third-order valence-electron chi connectivity index (χ3n) is 3.89. The minimum absolute atomic E-state index is 0.305. The highest BCUT2D eigenvalue weighted by molar-refractivity contribution is 5.44. The van der Waals surface area contributed by atoms with Crippen LogP contribution >= 0.6 is 0 Å². The van der Waals surface area contributed by atoms with Gasteiger partial charge in [-0.25, -0.2) is 0 Å². The van der Waals surface area contributed by atoms with Gasteiger partial charge in [0, 0.05) is 11.1 Å². The Bertz CT molecular complexity index is 392. The standard InChI is InChI=1S/C14H21NO/c1-10-8-12(13(16)9-11(10)2)14(15)6-4-3-5-7-14/h8-9,16H,3-7,15H2,1-2H3. The van der Waals surface area contributed by atoms with Crippen LogP contribution in [0.2, 0.25) is 0 Å². The van der Waals surface area contributed by atoms with Crippen LogP contribution in [0, 0.1) is 13.8 Å². The average Bonchev–Trinajstić information content (AvgIpc) is 2.24. The summed E-state index contributed by atoms with van der Waals surface area (Å²) in [6.07, 6.45) is 5.59. The van der Waals surface area contributed by atoms with Gasteiger partial charge in [0.15, 0.2) is 0 Å². The molecule has 0 amide bonds. The average molecular weight is 219 g/mol. The van der Waals surface area contributed by atoms with Crippen LogP contribution in [0.3, 0.4) is 0 Å². The molecule has 0 unspecified atom stereocenters. The fourth-order valence-electron chi connectivity index (χ4n) is 2.65. The Labute approximate surface area is 97.5 Å². The van der Waals surface area contributed by atoms with E-state index in [9.17, 15) is 5.11 Å². The van der Waals surface area contributed by atoms with Crippen molar-refractivity contribution in [1.82, 2.24) is 0 Å². The number of phenols is 1. The van der Waals surface area contributed by atoms with E-state index in [4.69, 9.17) is 5.73 Å². The van der Waals surface area contributed by atoms with Gasteiger partial charge >= 0.3 is 0 Å². The van der Waals surface area contributed by atoms with E-state index in [2.05, 4.69) is 13.0 Å². The number of hydrogen-bond acceptors (Lipinski definition) is 2. The first kappa shape index (κ1) is 11.5. The van der Waals surface area contributed by atoms with Crippen molar-refractivity contribution in [2.45, 2.75) is 51.5 Å². The minimum atomic E-state index is -0.305. The maximum atomic E-state index is 10.1. The molecule has 2 heteroatoms. The molecule has 88 valence electrons. The predicted octanol–water partition coefficient (Wildman–Crippen LogP) is 3.13. The zero-order valence-electron chi connectivity index (χ0n) is 10.2. The molecule has 2 nitrogen and oxygen atoms in total. The van der Waals surface area contributed by atoms with E-state index in [1.54, 1.807) is 0 Å². The van der Waals surface area contributed by atoms with Gasteiger partial charge in [0.25, 0.3) is 0 Å². The largest absolute Gasteiger partial charge is 0.508 e. The number of hydrogen-bond donors (Lipinski definition) is 2. The van der Waals surface area contributed by atoms with E-state index in [-0.39, 0.29) is 5.54 Å². The zero-order valence-corrected chi connectivity index (χ0v) is 10.2. The van der Waals surface area contributed by atoms with Gasteiger partial charge in [0.2, 0.25) is 0 Å². The van der Waals surface area contributed by atoms with Gasteiger partial charge in [0.05, 0.1) is 0 Å². The van der Waals surface area contributed by atoms with Crippen molar-refractivity contribution in [3.63, 3.8) is 0 Å². The summed E-state index contributed by atoms with van der Waals surface area (Å²) < 4.78 is 0. The molecule has 0 spiro atoms. The smallest absolute Gasteiger partial charge is 0.120 e. The molecule has 1 aliphatic rings. The molecule has 3 N–H and O–H groups in total. The number of aryl methyl sites for hydroxylation is 2. The lowest BCUT2D eigenvalue weighted by Gasteiger charge is -2.34. The Hall–Kier alpha value is -1.02. The summed E-state index contributed by atoms with van der Waals surface area (Å²) in [6, 6.07) is 3.91. The predicted molar refractivity (Wildman–Crippen MR) is 66.5 cm³/mol. The first-order chi connectivity index (χ1) is 7.53. The van der Waals surface area contributed by atoms with Crippen molar-refractivity contribution in [2.75, 3.05) is 0 Å². The molecule has 0 saturated heterocycles. The van der Waals surface area contributed by atoms with Crippen LogP contribution < -0.4 is 5.73 Å². The third-order valence-corrected chi connectivity index (χ3v) is 3.89. The van der Waals surface area contributed by atoms with Crippen LogP contribution in [-0.4, -0.2) is 5.11 Å². The fraction of sp³-hybridized carbons (Fsp3) is 0.571. The summed E-state index contributed by atoms with van der Waals surface area (Å²) in [4.78, 5) is 0. The molecule has 1 saturated carbocycles. The van der Waals surface area contributed by atoms with Crippen LogP contribution in [-0.2, 0) is 5.54 Å². The van der Waals surface area contributed by atoms with Crippen molar-refractivity contribution in [3.8, 4) is 5.75 Å². The Morgan fingerprint density at radius 3 is 2.25 bits per heavy atom. The Morgan fingerprint density at radius 2 is 1.62 bits per heavy atom. The van der Waals surface area contributed by atoms with Gasteiger partial charge in [-0.05, 0) is 43.9 Å². The molecule has 0 heterocycles. The van der Waals surface area contributed by atoms with Gasteiger partial charge in [-0.1, -0.05) is 25.3 Å². The van der Waals surface area contributed by atoms with Crippen molar-refractivity contribution in [3.05, 3.63) is 28.8 Å². The first-order valence-electron chi connectivity index (χ1n) is 6.12. The highest BCUT2D eigenvalue weighted by Gasteiger charge is 2.31. The molecule has 0 aliphatic heterocycles. The molecule has 1 aliphatic carbocycles. The lowest BCUT2D eigenvalue weighted by atomic mass is 9.76. The van der Waals surface area contributed by atoms with Crippen molar-refractivity contribution in [2.24, 2.45) is 5.73 Å². The molecular weight excluding hydrogens is 198 g/mol. The van der Waals surface area contributed by atoms with Gasteiger partial charge in [-0.3, -0.25) is 0 Å². The second-order valence-corrected chi connectivity index (χ2v) is 5.17. The summed E-state index contributed by atoms with van der Waals surface area (Å²) in [7, 11) is 0. The summed E-state index contributed by atoms with van der Waals surface area (Å²) >= 11 is 0. The molecule has 1 fully saturated rings. The Balaban J connectivity index is 2.42. The Kier molecular flexibility index (Phi) is 2.94. The van der Waals surface area contributed by atoms with Crippen LogP contribution in [0.1, 0.15) is 48.8 Å². The second kappa shape index (κ2) is 4.10. The number of benzene rings is 1. The third kappa shape index (κ3) is 1.94. The molecule has 16 heavy (non-hydrogen) atoms. The summed E-state index contributed by atoms with van der Waals surface area (Å²) in [5, 5.41) is 10.1. The van der Waals surface area contributed by atoms with Crippen LogP contribution in [0.5, 0.6) is 5.75 Å². The molecule has 0 atom stereocenters. The zero-order chi connectivity index (χ0) is 11.8. The SMILES string of the molecule is Cc1cc(O)c(C2(N)CCCCC2)cc1C. The monoisotopic (exact) mass is 219 g/mol. The van der Waals surface area contributed by atoms with Crippen LogP contribution in [0.15, 0.2) is 12.1 Å².